The molecule has 1 heterocycles. The van der Waals surface area contributed by atoms with E-state index >= 15 is 0 Å². The van der Waals surface area contributed by atoms with Crippen molar-refractivity contribution in [1.82, 2.24) is 16.0 Å². The van der Waals surface area contributed by atoms with Gasteiger partial charge in [0, 0.05) is 40.5 Å². The average Bonchev–Trinajstić information content (AvgIpc) is 3.05. The van der Waals surface area contributed by atoms with Crippen LogP contribution in [0.3, 0.4) is 0 Å². The molecule has 2 rings (SSSR count). The molecule has 0 fully saturated rings. The Morgan fingerprint density at radius 3 is 2.33 bits per heavy atom. The summed E-state index contributed by atoms with van der Waals surface area (Å²) in [7, 11) is 0. The molecule has 1 unspecified atom stereocenters. The first-order valence-corrected chi connectivity index (χ1v) is 10.9. The molecule has 0 aliphatic rings. The van der Waals surface area contributed by atoms with Gasteiger partial charge < -0.3 is 21.3 Å². The first-order valence-electron chi connectivity index (χ1n) is 10.1. The van der Waals surface area contributed by atoms with E-state index in [-0.39, 0.29) is 42.1 Å². The van der Waals surface area contributed by atoms with Crippen molar-refractivity contribution in [3.63, 3.8) is 0 Å². The number of hydrogen-bond acceptors (Lipinski definition) is 3. The Hall–Kier alpha value is -1.81. The molecule has 0 saturated carbocycles. The molecule has 8 heteroatoms. The summed E-state index contributed by atoms with van der Waals surface area (Å²) >= 11 is 1.84. The zero-order valence-electron chi connectivity index (χ0n) is 18.4. The van der Waals surface area contributed by atoms with Crippen LogP contribution in [0.4, 0.5) is 10.5 Å². The molecule has 2 amide bonds. The number of guanidine groups is 1. The van der Waals surface area contributed by atoms with Crippen LogP contribution >= 0.6 is 35.3 Å². The number of nitrogens with zero attached hydrogens (tertiary/aromatic N) is 1. The molecule has 0 radical (unpaired) electrons. The summed E-state index contributed by atoms with van der Waals surface area (Å²) in [5.41, 5.74) is 1.85. The zero-order valence-corrected chi connectivity index (χ0v) is 21.6. The number of urea groups is 1. The minimum Gasteiger partial charge on any atom is -0.357 e. The van der Waals surface area contributed by atoms with E-state index < -0.39 is 0 Å². The number of halogens is 1. The lowest BCUT2D eigenvalue weighted by Gasteiger charge is -2.17. The standard InChI is InChI=1S/C22H33N5OS.HI/c1-6-23-21(26-16(4)13-20-12-7-17(5)29-20)24-14-18-8-10-19(11-9-18)27-22(28)25-15(2)3;/h7-12,15-16H,6,13-14H2,1-5H3,(H2,23,24,26)(H2,25,27,28);1H. The highest BCUT2D eigenvalue weighted by atomic mass is 127. The number of benzene rings is 1. The number of anilines is 1. The van der Waals surface area contributed by atoms with Gasteiger partial charge in [0.15, 0.2) is 5.96 Å². The first kappa shape index (κ1) is 26.2. The van der Waals surface area contributed by atoms with Crippen molar-refractivity contribution in [2.75, 3.05) is 11.9 Å². The average molecular weight is 544 g/mol. The van der Waals surface area contributed by atoms with E-state index in [2.05, 4.69) is 54.2 Å². The van der Waals surface area contributed by atoms with Crippen molar-refractivity contribution in [3.8, 4) is 0 Å². The molecule has 1 aromatic heterocycles. The Morgan fingerprint density at radius 1 is 1.07 bits per heavy atom. The molecular formula is C22H34IN5OS. The number of aliphatic imine (C=N–C) groups is 1. The predicted octanol–water partition coefficient (Wildman–Crippen LogP) is 4.89. The Labute approximate surface area is 201 Å². The molecular weight excluding hydrogens is 509 g/mol. The summed E-state index contributed by atoms with van der Waals surface area (Å²) < 4.78 is 0. The fourth-order valence-corrected chi connectivity index (χ4v) is 3.81. The van der Waals surface area contributed by atoms with Crippen LogP contribution in [0.15, 0.2) is 41.4 Å². The van der Waals surface area contributed by atoms with Crippen molar-refractivity contribution in [2.45, 2.75) is 59.7 Å². The monoisotopic (exact) mass is 543 g/mol. The van der Waals surface area contributed by atoms with Gasteiger partial charge in [-0.15, -0.1) is 35.3 Å². The summed E-state index contributed by atoms with van der Waals surface area (Å²) in [6.07, 6.45) is 0.974. The van der Waals surface area contributed by atoms with Crippen LogP contribution in [0.25, 0.3) is 0 Å². The van der Waals surface area contributed by atoms with E-state index in [0.29, 0.717) is 6.54 Å². The van der Waals surface area contributed by atoms with Crippen LogP contribution in [0.2, 0.25) is 0 Å². The second-order valence-corrected chi connectivity index (χ2v) is 8.78. The van der Waals surface area contributed by atoms with Crippen molar-refractivity contribution in [3.05, 3.63) is 51.7 Å². The quantitative estimate of drug-likeness (QED) is 0.218. The van der Waals surface area contributed by atoms with E-state index in [9.17, 15) is 4.79 Å². The summed E-state index contributed by atoms with van der Waals surface area (Å²) in [5.74, 6) is 0.812. The summed E-state index contributed by atoms with van der Waals surface area (Å²) in [5, 5.41) is 12.4. The van der Waals surface area contributed by atoms with Gasteiger partial charge in [-0.05, 0) is 64.4 Å². The zero-order chi connectivity index (χ0) is 21.2. The van der Waals surface area contributed by atoms with Gasteiger partial charge in [-0.25, -0.2) is 9.79 Å². The van der Waals surface area contributed by atoms with Crippen molar-refractivity contribution in [2.24, 2.45) is 4.99 Å². The second-order valence-electron chi connectivity index (χ2n) is 7.41. The van der Waals surface area contributed by atoms with Gasteiger partial charge in [0.1, 0.15) is 0 Å². The third-order valence-corrected chi connectivity index (χ3v) is 5.11. The maximum Gasteiger partial charge on any atom is 0.319 e. The summed E-state index contributed by atoms with van der Waals surface area (Å²) in [6, 6.07) is 12.3. The minimum absolute atomic E-state index is 0. The first-order chi connectivity index (χ1) is 13.9. The van der Waals surface area contributed by atoms with E-state index in [0.717, 1.165) is 30.2 Å². The minimum atomic E-state index is -0.195. The largest absolute Gasteiger partial charge is 0.357 e. The SMILES string of the molecule is CCNC(=NCc1ccc(NC(=O)NC(C)C)cc1)NC(C)Cc1ccc(C)s1.I. The number of nitrogens with one attached hydrogen (secondary N) is 4. The second kappa shape index (κ2) is 13.5. The molecule has 1 aromatic carbocycles. The van der Waals surface area contributed by atoms with Crippen LogP contribution in [-0.4, -0.2) is 30.6 Å². The number of amides is 2. The Morgan fingerprint density at radius 2 is 1.77 bits per heavy atom. The number of hydrogen-bond donors (Lipinski definition) is 4. The van der Waals surface area contributed by atoms with Gasteiger partial charge in [0.05, 0.1) is 6.54 Å². The van der Waals surface area contributed by atoms with Crippen LogP contribution in [0.5, 0.6) is 0 Å². The lowest BCUT2D eigenvalue weighted by molar-refractivity contribution is 0.250. The molecule has 0 aliphatic heterocycles. The number of thiophene rings is 1. The van der Waals surface area contributed by atoms with Crippen LogP contribution < -0.4 is 21.3 Å². The molecule has 6 nitrogen and oxygen atoms in total. The van der Waals surface area contributed by atoms with Gasteiger partial charge in [-0.2, -0.15) is 0 Å². The smallest absolute Gasteiger partial charge is 0.319 e. The van der Waals surface area contributed by atoms with Gasteiger partial charge in [-0.1, -0.05) is 12.1 Å². The normalized spacial score (nSPS) is 12.1. The molecule has 0 saturated heterocycles. The Balaban J connectivity index is 0.00000450. The van der Waals surface area contributed by atoms with E-state index in [1.165, 1.54) is 9.75 Å². The maximum absolute atomic E-state index is 11.8. The lowest BCUT2D eigenvalue weighted by atomic mass is 10.2. The van der Waals surface area contributed by atoms with Gasteiger partial charge in [0.25, 0.3) is 0 Å². The van der Waals surface area contributed by atoms with Gasteiger partial charge in [0.2, 0.25) is 0 Å². The number of carbonyl (C=O) groups is 1. The molecule has 0 aliphatic carbocycles. The fraction of sp³-hybridized carbons (Fsp3) is 0.455. The molecule has 166 valence electrons. The summed E-state index contributed by atoms with van der Waals surface area (Å²) in [6.45, 7) is 11.6. The van der Waals surface area contributed by atoms with Crippen molar-refractivity contribution in [1.29, 1.82) is 0 Å². The van der Waals surface area contributed by atoms with E-state index in [1.807, 2.05) is 49.4 Å². The van der Waals surface area contributed by atoms with Crippen molar-refractivity contribution >= 4 is 53.0 Å². The highest BCUT2D eigenvalue weighted by Gasteiger charge is 2.08. The molecule has 30 heavy (non-hydrogen) atoms. The molecule has 0 bridgehead atoms. The van der Waals surface area contributed by atoms with E-state index in [4.69, 9.17) is 4.99 Å². The molecule has 1 atom stereocenters. The maximum atomic E-state index is 11.8. The van der Waals surface area contributed by atoms with Crippen LogP contribution in [0, 0.1) is 6.92 Å². The van der Waals surface area contributed by atoms with Crippen LogP contribution in [-0.2, 0) is 13.0 Å². The predicted molar refractivity (Wildman–Crippen MR) is 139 cm³/mol. The highest BCUT2D eigenvalue weighted by molar-refractivity contribution is 14.0. The number of rotatable bonds is 8. The lowest BCUT2D eigenvalue weighted by Crippen LogP contribution is -2.43. The van der Waals surface area contributed by atoms with Crippen LogP contribution in [0.1, 0.15) is 43.0 Å². The molecule has 0 spiro atoms. The van der Waals surface area contributed by atoms with E-state index in [1.54, 1.807) is 0 Å². The molecule has 2 aromatic rings. The summed E-state index contributed by atoms with van der Waals surface area (Å²) in [4.78, 5) is 19.2. The fourth-order valence-electron chi connectivity index (χ4n) is 2.79. The van der Waals surface area contributed by atoms with Gasteiger partial charge in [-0.3, -0.25) is 0 Å². The highest BCUT2D eigenvalue weighted by Crippen LogP contribution is 2.16. The van der Waals surface area contributed by atoms with Gasteiger partial charge >= 0.3 is 6.03 Å². The third kappa shape index (κ3) is 9.80. The topological polar surface area (TPSA) is 77.5 Å². The number of carbonyl (C=O) groups excluding carboxylic acids is 1. The molecule has 4 N–H and O–H groups in total. The van der Waals surface area contributed by atoms with Crippen molar-refractivity contribution < 1.29 is 4.79 Å². The third-order valence-electron chi connectivity index (χ3n) is 4.08. The number of aryl methyl sites for hydroxylation is 1. The Bertz CT molecular complexity index is 804. The Kier molecular flexibility index (Phi) is 11.8.